The Balaban J connectivity index is 1.76. The molecule has 0 saturated heterocycles. The quantitative estimate of drug-likeness (QED) is 0.179. The van der Waals surface area contributed by atoms with Crippen molar-refractivity contribution >= 4 is 50.1 Å². The molecular weight excluding hydrogens is 574 g/mol. The molecule has 0 saturated carbocycles. The van der Waals surface area contributed by atoms with Crippen LogP contribution in [0.25, 0.3) is 10.9 Å². The topological polar surface area (TPSA) is 183 Å². The lowest BCUT2D eigenvalue weighted by atomic mass is 10.0. The number of carbonyl (C=O) groups is 3. The molecule has 0 unspecified atom stereocenters. The SMILES string of the molecule is O=C(O)CCOc1ccccc1[C@@H](NS(=O)(=O)c1ccc2[nH]c(=O)ccc2c1)C(=O)N(CC(=O)O)Cc1cccs1. The molecule has 0 bridgehead atoms. The molecule has 0 spiro atoms. The maximum atomic E-state index is 13.9. The number of nitrogens with one attached hydrogen (secondary N) is 2. The van der Waals surface area contributed by atoms with E-state index in [-0.39, 0.29) is 41.3 Å². The molecule has 14 heteroatoms. The fourth-order valence-electron chi connectivity index (χ4n) is 4.02. The van der Waals surface area contributed by atoms with E-state index in [1.54, 1.807) is 29.6 Å². The summed E-state index contributed by atoms with van der Waals surface area (Å²) in [6.45, 7) is -1.05. The fourth-order valence-corrected chi connectivity index (χ4v) is 5.94. The van der Waals surface area contributed by atoms with Crippen molar-refractivity contribution in [2.24, 2.45) is 0 Å². The Morgan fingerprint density at radius 3 is 2.49 bits per heavy atom. The number of amides is 1. The van der Waals surface area contributed by atoms with E-state index in [9.17, 15) is 32.7 Å². The number of para-hydroxylation sites is 1. The van der Waals surface area contributed by atoms with Crippen molar-refractivity contribution in [1.82, 2.24) is 14.6 Å². The lowest BCUT2D eigenvalue weighted by Crippen LogP contribution is -2.44. The van der Waals surface area contributed by atoms with Gasteiger partial charge < -0.3 is 24.8 Å². The number of hydrogen-bond acceptors (Lipinski definition) is 8. The van der Waals surface area contributed by atoms with E-state index in [2.05, 4.69) is 9.71 Å². The summed E-state index contributed by atoms with van der Waals surface area (Å²) in [5.41, 5.74) is 0.114. The van der Waals surface area contributed by atoms with Crippen LogP contribution in [-0.2, 0) is 31.0 Å². The second kappa shape index (κ2) is 12.8. The number of aromatic nitrogens is 1. The number of benzene rings is 2. The summed E-state index contributed by atoms with van der Waals surface area (Å²) in [6.07, 6.45) is -0.346. The van der Waals surface area contributed by atoms with Crippen LogP contribution in [-0.4, -0.2) is 59.5 Å². The van der Waals surface area contributed by atoms with Crippen LogP contribution in [0.4, 0.5) is 0 Å². The van der Waals surface area contributed by atoms with E-state index >= 15 is 0 Å². The van der Waals surface area contributed by atoms with Gasteiger partial charge in [-0.3, -0.25) is 19.2 Å². The largest absolute Gasteiger partial charge is 0.493 e. The zero-order valence-corrected chi connectivity index (χ0v) is 23.0. The van der Waals surface area contributed by atoms with Crippen LogP contribution in [0.3, 0.4) is 0 Å². The molecule has 214 valence electrons. The molecule has 0 aliphatic heterocycles. The average molecular weight is 600 g/mol. The summed E-state index contributed by atoms with van der Waals surface area (Å²) < 4.78 is 35.2. The van der Waals surface area contributed by atoms with E-state index in [0.29, 0.717) is 15.8 Å². The maximum absolute atomic E-state index is 13.9. The molecule has 41 heavy (non-hydrogen) atoms. The molecular formula is C27H25N3O9S2. The number of hydrogen-bond donors (Lipinski definition) is 4. The van der Waals surface area contributed by atoms with Crippen LogP contribution in [0.15, 0.2) is 81.8 Å². The van der Waals surface area contributed by atoms with Gasteiger partial charge in [0, 0.05) is 22.0 Å². The Labute approximate surface area is 237 Å². The summed E-state index contributed by atoms with van der Waals surface area (Å²) in [4.78, 5) is 52.4. The number of sulfonamides is 1. The molecule has 1 amide bonds. The van der Waals surface area contributed by atoms with Gasteiger partial charge in [0.1, 0.15) is 18.3 Å². The van der Waals surface area contributed by atoms with E-state index in [4.69, 9.17) is 9.84 Å². The first kappa shape index (κ1) is 29.5. The number of rotatable bonds is 13. The second-order valence-electron chi connectivity index (χ2n) is 8.82. The van der Waals surface area contributed by atoms with Crippen molar-refractivity contribution in [2.75, 3.05) is 13.2 Å². The molecule has 2 heterocycles. The predicted octanol–water partition coefficient (Wildman–Crippen LogP) is 2.58. The number of thiophene rings is 1. The summed E-state index contributed by atoms with van der Waals surface area (Å²) in [6, 6.07) is 14.5. The zero-order valence-electron chi connectivity index (χ0n) is 21.3. The molecule has 0 fully saturated rings. The Kier molecular flexibility index (Phi) is 9.17. The van der Waals surface area contributed by atoms with Gasteiger partial charge in [0.2, 0.25) is 21.5 Å². The second-order valence-corrected chi connectivity index (χ2v) is 11.6. The Morgan fingerprint density at radius 1 is 1.00 bits per heavy atom. The summed E-state index contributed by atoms with van der Waals surface area (Å²) in [7, 11) is -4.41. The lowest BCUT2D eigenvalue weighted by Gasteiger charge is -2.27. The van der Waals surface area contributed by atoms with Gasteiger partial charge in [-0.1, -0.05) is 24.3 Å². The number of aliphatic carboxylic acids is 2. The first-order valence-corrected chi connectivity index (χ1v) is 14.5. The molecule has 4 rings (SSSR count). The van der Waals surface area contributed by atoms with Crippen LogP contribution in [0, 0.1) is 0 Å². The predicted molar refractivity (Wildman–Crippen MR) is 149 cm³/mol. The Bertz CT molecular complexity index is 1730. The number of H-pyrrole nitrogens is 1. The third-order valence-electron chi connectivity index (χ3n) is 5.89. The molecule has 1 atom stereocenters. The van der Waals surface area contributed by atoms with Crippen LogP contribution in [0.5, 0.6) is 5.75 Å². The monoisotopic (exact) mass is 599 g/mol. The number of carboxylic acid groups (broad SMARTS) is 2. The third kappa shape index (κ3) is 7.57. The maximum Gasteiger partial charge on any atom is 0.323 e. The van der Waals surface area contributed by atoms with Gasteiger partial charge in [-0.25, -0.2) is 8.42 Å². The highest BCUT2D eigenvalue weighted by molar-refractivity contribution is 7.89. The van der Waals surface area contributed by atoms with Crippen molar-refractivity contribution in [3.8, 4) is 5.75 Å². The third-order valence-corrected chi connectivity index (χ3v) is 8.18. The van der Waals surface area contributed by atoms with Crippen molar-refractivity contribution in [2.45, 2.75) is 23.9 Å². The Hall–Kier alpha value is -4.53. The zero-order chi connectivity index (χ0) is 29.6. The molecule has 4 N–H and O–H groups in total. The summed E-state index contributed by atoms with van der Waals surface area (Å²) >= 11 is 1.30. The minimum atomic E-state index is -4.41. The average Bonchev–Trinajstić information content (AvgIpc) is 3.44. The highest BCUT2D eigenvalue weighted by Gasteiger charge is 2.34. The molecule has 0 radical (unpaired) electrons. The summed E-state index contributed by atoms with van der Waals surface area (Å²) in [5.74, 6) is -3.22. The van der Waals surface area contributed by atoms with E-state index in [1.807, 2.05) is 0 Å². The number of fused-ring (bicyclic) bond motifs is 1. The number of carbonyl (C=O) groups excluding carboxylic acids is 1. The highest BCUT2D eigenvalue weighted by atomic mass is 32.2. The minimum Gasteiger partial charge on any atom is -0.493 e. The normalized spacial score (nSPS) is 12.1. The number of pyridine rings is 1. The van der Waals surface area contributed by atoms with Gasteiger partial charge in [0.05, 0.1) is 24.5 Å². The lowest BCUT2D eigenvalue weighted by molar-refractivity contribution is -0.145. The number of ether oxygens (including phenoxy) is 1. The van der Waals surface area contributed by atoms with Gasteiger partial charge in [0.25, 0.3) is 0 Å². The van der Waals surface area contributed by atoms with Gasteiger partial charge in [-0.05, 0) is 47.2 Å². The van der Waals surface area contributed by atoms with Crippen LogP contribution >= 0.6 is 11.3 Å². The van der Waals surface area contributed by atoms with Crippen LogP contribution in [0.2, 0.25) is 0 Å². The fraction of sp³-hybridized carbons (Fsp3) is 0.185. The van der Waals surface area contributed by atoms with E-state index < -0.39 is 40.5 Å². The minimum absolute atomic E-state index is 0.0530. The van der Waals surface area contributed by atoms with Crippen LogP contribution < -0.4 is 15.0 Å². The number of aromatic amines is 1. The molecule has 4 aromatic rings. The smallest absolute Gasteiger partial charge is 0.323 e. The molecule has 2 aromatic carbocycles. The molecule has 2 aromatic heterocycles. The van der Waals surface area contributed by atoms with E-state index in [0.717, 1.165) is 4.90 Å². The van der Waals surface area contributed by atoms with Crippen molar-refractivity contribution in [3.05, 3.63) is 92.9 Å². The van der Waals surface area contributed by atoms with Crippen LogP contribution in [0.1, 0.15) is 22.9 Å². The molecule has 0 aliphatic rings. The van der Waals surface area contributed by atoms with Gasteiger partial charge in [-0.2, -0.15) is 4.72 Å². The van der Waals surface area contributed by atoms with Crippen molar-refractivity contribution < 1.29 is 37.8 Å². The van der Waals surface area contributed by atoms with Gasteiger partial charge in [-0.15, -0.1) is 11.3 Å². The van der Waals surface area contributed by atoms with E-state index in [1.165, 1.54) is 53.8 Å². The highest BCUT2D eigenvalue weighted by Crippen LogP contribution is 2.30. The number of nitrogens with zero attached hydrogens (tertiary/aromatic N) is 1. The molecule has 12 nitrogen and oxygen atoms in total. The van der Waals surface area contributed by atoms with Gasteiger partial charge in [0.15, 0.2) is 0 Å². The first-order valence-electron chi connectivity index (χ1n) is 12.2. The summed E-state index contributed by atoms with van der Waals surface area (Å²) in [5, 5.41) is 20.7. The van der Waals surface area contributed by atoms with Gasteiger partial charge >= 0.3 is 11.9 Å². The Morgan fingerprint density at radius 2 is 1.78 bits per heavy atom. The standard InChI is InChI=1S/C27H25N3O9S2/c31-23-10-7-17-14-19(8-9-21(17)28-23)41(37,38)29-26(20-5-1-2-6-22(20)39-12-11-24(32)33)27(36)30(16-25(34)35)15-18-4-3-13-40-18/h1-10,13-14,26,29H,11-12,15-16H2,(H,28,31)(H,32,33)(H,34,35)/t26-/m1/s1. The first-order chi connectivity index (χ1) is 19.5. The van der Waals surface area contributed by atoms with Crippen molar-refractivity contribution in [3.63, 3.8) is 0 Å². The molecule has 0 aliphatic carbocycles. The number of carboxylic acids is 2. The van der Waals surface area contributed by atoms with Crippen molar-refractivity contribution in [1.29, 1.82) is 0 Å².